The summed E-state index contributed by atoms with van der Waals surface area (Å²) in [4.78, 5) is 13.1. The first-order valence-corrected chi connectivity index (χ1v) is 6.46. The van der Waals surface area contributed by atoms with E-state index in [2.05, 4.69) is 43.9 Å². The maximum Gasteiger partial charge on any atom is 0.307 e. The number of carboxylic acid groups (broad SMARTS) is 1. The van der Waals surface area contributed by atoms with E-state index in [1.807, 2.05) is 0 Å². The molecule has 0 radical (unpaired) electrons. The highest BCUT2D eigenvalue weighted by molar-refractivity contribution is 5.69. The van der Waals surface area contributed by atoms with Gasteiger partial charge in [0, 0.05) is 13.1 Å². The molecule has 100 valence electrons. The Morgan fingerprint density at radius 1 is 1.33 bits per heavy atom. The van der Waals surface area contributed by atoms with Crippen LogP contribution in [0.1, 0.15) is 30.5 Å². The topological polar surface area (TPSA) is 40.5 Å². The van der Waals surface area contributed by atoms with Gasteiger partial charge in [-0.1, -0.05) is 32.0 Å². The zero-order valence-corrected chi connectivity index (χ0v) is 11.7. The van der Waals surface area contributed by atoms with Crippen LogP contribution in [-0.2, 0) is 11.3 Å². The fourth-order valence-electron chi connectivity index (χ4n) is 2.09. The number of carbonyl (C=O) groups is 1. The van der Waals surface area contributed by atoms with E-state index in [-0.39, 0.29) is 5.92 Å². The van der Waals surface area contributed by atoms with Gasteiger partial charge in [0.2, 0.25) is 0 Å². The Morgan fingerprint density at radius 3 is 2.33 bits per heavy atom. The summed E-state index contributed by atoms with van der Waals surface area (Å²) in [5, 5.41) is 8.98. The number of carboxylic acids is 1. The van der Waals surface area contributed by atoms with Crippen LogP contribution in [0.25, 0.3) is 0 Å². The van der Waals surface area contributed by atoms with Crippen LogP contribution in [-0.4, -0.2) is 29.1 Å². The van der Waals surface area contributed by atoms with Gasteiger partial charge in [0.05, 0.1) is 5.92 Å². The molecule has 0 bridgehead atoms. The molecule has 3 nitrogen and oxygen atoms in total. The van der Waals surface area contributed by atoms with Crippen molar-refractivity contribution in [3.8, 4) is 0 Å². The molecule has 0 aliphatic carbocycles. The molecular formula is C15H23NO2. The van der Waals surface area contributed by atoms with Gasteiger partial charge in [0.25, 0.3) is 0 Å². The van der Waals surface area contributed by atoms with Gasteiger partial charge in [0.15, 0.2) is 0 Å². The summed E-state index contributed by atoms with van der Waals surface area (Å²) in [7, 11) is 0. The summed E-state index contributed by atoms with van der Waals surface area (Å²) in [6.45, 7) is 10.3. The summed E-state index contributed by atoms with van der Waals surface area (Å²) in [6, 6.07) is 6.28. The Hall–Kier alpha value is -1.35. The molecule has 0 aliphatic rings. The minimum Gasteiger partial charge on any atom is -0.481 e. The van der Waals surface area contributed by atoms with E-state index in [4.69, 9.17) is 5.11 Å². The zero-order chi connectivity index (χ0) is 13.7. The Labute approximate surface area is 109 Å². The van der Waals surface area contributed by atoms with Gasteiger partial charge < -0.3 is 5.11 Å². The summed E-state index contributed by atoms with van der Waals surface area (Å²) in [6.07, 6.45) is 0. The molecule has 0 fully saturated rings. The molecule has 0 aliphatic heterocycles. The SMILES string of the molecule is CCN(Cc1c(C)cccc1C)CC(C)C(=O)O. The predicted octanol–water partition coefficient (Wildman–Crippen LogP) is 2.85. The number of hydrogen-bond acceptors (Lipinski definition) is 2. The van der Waals surface area contributed by atoms with E-state index in [9.17, 15) is 4.79 Å². The lowest BCUT2D eigenvalue weighted by molar-refractivity contribution is -0.141. The molecule has 0 spiro atoms. The molecule has 1 N–H and O–H groups in total. The number of hydrogen-bond donors (Lipinski definition) is 1. The van der Waals surface area contributed by atoms with Crippen LogP contribution in [0.5, 0.6) is 0 Å². The van der Waals surface area contributed by atoms with Gasteiger partial charge >= 0.3 is 5.97 Å². The quantitative estimate of drug-likeness (QED) is 0.842. The van der Waals surface area contributed by atoms with Crippen molar-refractivity contribution in [2.75, 3.05) is 13.1 Å². The highest BCUT2D eigenvalue weighted by Gasteiger charge is 2.16. The van der Waals surface area contributed by atoms with Gasteiger partial charge in [-0.05, 0) is 37.1 Å². The molecule has 1 rings (SSSR count). The number of rotatable bonds is 6. The minimum atomic E-state index is -0.727. The Balaban J connectivity index is 2.77. The van der Waals surface area contributed by atoms with Crippen molar-refractivity contribution in [3.05, 3.63) is 34.9 Å². The monoisotopic (exact) mass is 249 g/mol. The number of aryl methyl sites for hydroxylation is 2. The fraction of sp³-hybridized carbons (Fsp3) is 0.533. The number of benzene rings is 1. The van der Waals surface area contributed by atoms with Crippen LogP contribution in [0.4, 0.5) is 0 Å². The van der Waals surface area contributed by atoms with E-state index in [0.717, 1.165) is 13.1 Å². The van der Waals surface area contributed by atoms with Crippen molar-refractivity contribution >= 4 is 5.97 Å². The molecule has 0 saturated heterocycles. The lowest BCUT2D eigenvalue weighted by Crippen LogP contribution is -2.31. The predicted molar refractivity (Wildman–Crippen MR) is 73.7 cm³/mol. The van der Waals surface area contributed by atoms with Crippen molar-refractivity contribution in [2.45, 2.75) is 34.2 Å². The van der Waals surface area contributed by atoms with Crippen LogP contribution < -0.4 is 0 Å². The molecule has 1 unspecified atom stereocenters. The number of aliphatic carboxylic acids is 1. The first kappa shape index (κ1) is 14.7. The molecule has 0 saturated carbocycles. The summed E-state index contributed by atoms with van der Waals surface area (Å²) in [5.41, 5.74) is 3.87. The summed E-state index contributed by atoms with van der Waals surface area (Å²) < 4.78 is 0. The van der Waals surface area contributed by atoms with E-state index in [1.54, 1.807) is 6.92 Å². The smallest absolute Gasteiger partial charge is 0.307 e. The Kier molecular flexibility index (Phi) is 5.35. The zero-order valence-electron chi connectivity index (χ0n) is 11.7. The van der Waals surface area contributed by atoms with Crippen molar-refractivity contribution < 1.29 is 9.90 Å². The molecule has 0 heterocycles. The van der Waals surface area contributed by atoms with Gasteiger partial charge in [-0.15, -0.1) is 0 Å². The molecular weight excluding hydrogens is 226 g/mol. The van der Waals surface area contributed by atoms with E-state index >= 15 is 0 Å². The van der Waals surface area contributed by atoms with Crippen molar-refractivity contribution in [3.63, 3.8) is 0 Å². The molecule has 18 heavy (non-hydrogen) atoms. The third kappa shape index (κ3) is 3.84. The van der Waals surface area contributed by atoms with Crippen LogP contribution >= 0.6 is 0 Å². The van der Waals surface area contributed by atoms with Crippen molar-refractivity contribution in [1.29, 1.82) is 0 Å². The Bertz CT molecular complexity index is 395. The lowest BCUT2D eigenvalue weighted by Gasteiger charge is -2.24. The van der Waals surface area contributed by atoms with Crippen LogP contribution in [0.2, 0.25) is 0 Å². The summed E-state index contributed by atoms with van der Waals surface area (Å²) in [5.74, 6) is -1.05. The highest BCUT2D eigenvalue weighted by Crippen LogP contribution is 2.16. The first-order chi connectivity index (χ1) is 8.45. The van der Waals surface area contributed by atoms with Gasteiger partial charge in [-0.3, -0.25) is 9.69 Å². The fourth-order valence-corrected chi connectivity index (χ4v) is 2.09. The number of nitrogens with zero attached hydrogens (tertiary/aromatic N) is 1. The van der Waals surface area contributed by atoms with Crippen LogP contribution in [0, 0.1) is 19.8 Å². The molecule has 0 amide bonds. The van der Waals surface area contributed by atoms with E-state index in [0.29, 0.717) is 6.54 Å². The second-order valence-electron chi connectivity index (χ2n) is 4.94. The average molecular weight is 249 g/mol. The van der Waals surface area contributed by atoms with E-state index < -0.39 is 5.97 Å². The minimum absolute atomic E-state index is 0.325. The standard InChI is InChI=1S/C15H23NO2/c1-5-16(9-13(4)15(17)18)10-14-11(2)7-6-8-12(14)3/h6-8,13H,5,9-10H2,1-4H3,(H,17,18). The normalized spacial score (nSPS) is 12.7. The highest BCUT2D eigenvalue weighted by atomic mass is 16.4. The molecule has 1 aromatic rings. The molecule has 3 heteroatoms. The van der Waals surface area contributed by atoms with Crippen molar-refractivity contribution in [1.82, 2.24) is 4.90 Å². The first-order valence-electron chi connectivity index (χ1n) is 6.46. The van der Waals surface area contributed by atoms with Crippen LogP contribution in [0.3, 0.4) is 0 Å². The molecule has 0 aromatic heterocycles. The van der Waals surface area contributed by atoms with Gasteiger partial charge in [0.1, 0.15) is 0 Å². The van der Waals surface area contributed by atoms with Gasteiger partial charge in [-0.25, -0.2) is 0 Å². The van der Waals surface area contributed by atoms with Gasteiger partial charge in [-0.2, -0.15) is 0 Å². The maximum atomic E-state index is 10.9. The Morgan fingerprint density at radius 2 is 1.89 bits per heavy atom. The third-order valence-corrected chi connectivity index (χ3v) is 3.43. The maximum absolute atomic E-state index is 10.9. The molecule has 1 aromatic carbocycles. The molecule has 1 atom stereocenters. The average Bonchev–Trinajstić information content (AvgIpc) is 2.32. The van der Waals surface area contributed by atoms with E-state index in [1.165, 1.54) is 16.7 Å². The third-order valence-electron chi connectivity index (χ3n) is 3.43. The van der Waals surface area contributed by atoms with Crippen LogP contribution in [0.15, 0.2) is 18.2 Å². The lowest BCUT2D eigenvalue weighted by atomic mass is 10.0. The summed E-state index contributed by atoms with van der Waals surface area (Å²) >= 11 is 0. The largest absolute Gasteiger partial charge is 0.481 e. The second-order valence-corrected chi connectivity index (χ2v) is 4.94. The van der Waals surface area contributed by atoms with Crippen molar-refractivity contribution in [2.24, 2.45) is 5.92 Å². The second kappa shape index (κ2) is 6.55.